The van der Waals surface area contributed by atoms with Gasteiger partial charge in [-0.25, -0.2) is 8.42 Å². The van der Waals surface area contributed by atoms with Crippen LogP contribution in [0, 0.1) is 11.3 Å². The smallest absolute Gasteiger partial charge is 0.262 e. The van der Waals surface area contributed by atoms with Crippen molar-refractivity contribution in [1.82, 2.24) is 9.21 Å². The van der Waals surface area contributed by atoms with Crippen molar-refractivity contribution in [3.63, 3.8) is 0 Å². The van der Waals surface area contributed by atoms with Gasteiger partial charge in [0.2, 0.25) is 10.0 Å². The molecule has 1 N–H and O–H groups in total. The summed E-state index contributed by atoms with van der Waals surface area (Å²) in [7, 11) is -1.67. The molecule has 2 heterocycles. The van der Waals surface area contributed by atoms with Crippen LogP contribution in [-0.2, 0) is 19.6 Å². The lowest BCUT2D eigenvalue weighted by Crippen LogP contribution is -2.45. The third-order valence-electron chi connectivity index (χ3n) is 6.05. The molecule has 11 heteroatoms. The number of carbonyl (C=O) groups is 1. The van der Waals surface area contributed by atoms with Crippen molar-refractivity contribution in [2.24, 2.45) is 0 Å². The Hall–Kier alpha value is -3.17. The van der Waals surface area contributed by atoms with E-state index in [1.54, 1.807) is 36.4 Å². The largest absolute Gasteiger partial charge is 0.484 e. The third kappa shape index (κ3) is 6.10. The summed E-state index contributed by atoms with van der Waals surface area (Å²) in [5.74, 6) is 0.0488. The Morgan fingerprint density at radius 2 is 1.74 bits per heavy atom. The molecule has 0 spiro atoms. The van der Waals surface area contributed by atoms with Gasteiger partial charge in [-0.05, 0) is 49.5 Å². The van der Waals surface area contributed by atoms with Crippen LogP contribution in [0.4, 0.5) is 11.4 Å². The summed E-state index contributed by atoms with van der Waals surface area (Å²) in [6, 6.07) is 13.4. The Labute approximate surface area is 205 Å². The van der Waals surface area contributed by atoms with E-state index < -0.39 is 15.9 Å². The number of piperazine rings is 1. The zero-order valence-corrected chi connectivity index (χ0v) is 20.5. The van der Waals surface area contributed by atoms with E-state index in [1.807, 2.05) is 6.07 Å². The van der Waals surface area contributed by atoms with Gasteiger partial charge in [0.25, 0.3) is 5.91 Å². The van der Waals surface area contributed by atoms with Gasteiger partial charge >= 0.3 is 0 Å². The number of nitrogens with one attached hydrogen (secondary N) is 1. The monoisotopic (exact) mass is 499 g/mol. The second-order valence-corrected chi connectivity index (χ2v) is 10.4. The van der Waals surface area contributed by atoms with Crippen LogP contribution in [0.2, 0.25) is 0 Å². The molecule has 0 bridgehead atoms. The fraction of sp³-hybridized carbons (Fsp3) is 0.417. The fourth-order valence-electron chi connectivity index (χ4n) is 4.00. The van der Waals surface area contributed by atoms with Gasteiger partial charge < -0.3 is 24.6 Å². The van der Waals surface area contributed by atoms with Gasteiger partial charge in [0.05, 0.1) is 41.1 Å². The second kappa shape index (κ2) is 11.0. The Bertz CT molecular complexity index is 1180. The van der Waals surface area contributed by atoms with E-state index >= 15 is 0 Å². The highest BCUT2D eigenvalue weighted by Gasteiger charge is 2.28. The fourth-order valence-corrected chi connectivity index (χ4v) is 5.43. The van der Waals surface area contributed by atoms with Crippen LogP contribution in [-0.4, -0.2) is 89.7 Å². The average Bonchev–Trinajstić information content (AvgIpc) is 2.89. The molecule has 2 aliphatic heterocycles. The van der Waals surface area contributed by atoms with Crippen molar-refractivity contribution in [2.45, 2.75) is 4.90 Å². The predicted molar refractivity (Wildman–Crippen MR) is 131 cm³/mol. The third-order valence-corrected chi connectivity index (χ3v) is 7.94. The Morgan fingerprint density at radius 3 is 2.40 bits per heavy atom. The molecular formula is C24H29N5O5S. The molecular weight excluding hydrogens is 470 g/mol. The quantitative estimate of drug-likeness (QED) is 0.607. The molecule has 4 rings (SSSR count). The number of ether oxygens (including phenoxy) is 2. The number of carbonyl (C=O) groups excluding carboxylic acids is 1. The number of rotatable bonds is 7. The molecule has 10 nitrogen and oxygen atoms in total. The number of sulfonamides is 1. The summed E-state index contributed by atoms with van der Waals surface area (Å²) in [4.78, 5) is 17.3. The summed E-state index contributed by atoms with van der Waals surface area (Å²) in [6.45, 7) is 4.29. The normalized spacial score (nSPS) is 17.5. The number of likely N-dealkylation sites (N-methyl/N-ethyl adjacent to an activating group) is 1. The van der Waals surface area contributed by atoms with E-state index in [-0.39, 0.29) is 11.5 Å². The molecule has 2 saturated heterocycles. The lowest BCUT2D eigenvalue weighted by atomic mass is 10.2. The van der Waals surface area contributed by atoms with Gasteiger partial charge in [-0.1, -0.05) is 0 Å². The number of hydrogen-bond donors (Lipinski definition) is 1. The van der Waals surface area contributed by atoms with Gasteiger partial charge in [0.1, 0.15) is 5.75 Å². The summed E-state index contributed by atoms with van der Waals surface area (Å²) < 4.78 is 38.7. The van der Waals surface area contributed by atoms with Crippen LogP contribution in [0.3, 0.4) is 0 Å². The molecule has 0 radical (unpaired) electrons. The molecule has 0 aromatic heterocycles. The lowest BCUT2D eigenvalue weighted by molar-refractivity contribution is -0.118. The lowest BCUT2D eigenvalue weighted by Gasteiger charge is -2.35. The number of benzene rings is 2. The molecule has 1 amide bonds. The molecule has 2 aromatic rings. The van der Waals surface area contributed by atoms with E-state index in [0.717, 1.165) is 31.9 Å². The summed E-state index contributed by atoms with van der Waals surface area (Å²) in [5.41, 5.74) is 1.69. The second-order valence-electron chi connectivity index (χ2n) is 8.46. The summed E-state index contributed by atoms with van der Waals surface area (Å²) in [6.07, 6.45) is 0. The number of nitriles is 1. The first-order valence-corrected chi connectivity index (χ1v) is 12.9. The van der Waals surface area contributed by atoms with Gasteiger partial charge in [-0.3, -0.25) is 4.79 Å². The Kier molecular flexibility index (Phi) is 7.87. The van der Waals surface area contributed by atoms with Crippen molar-refractivity contribution in [2.75, 3.05) is 76.4 Å². The molecule has 0 saturated carbocycles. The van der Waals surface area contributed by atoms with Crippen LogP contribution in [0.1, 0.15) is 5.56 Å². The zero-order chi connectivity index (χ0) is 24.8. The van der Waals surface area contributed by atoms with Crippen LogP contribution in [0.5, 0.6) is 5.75 Å². The van der Waals surface area contributed by atoms with Gasteiger partial charge in [0.15, 0.2) is 6.61 Å². The SMILES string of the molecule is CN1CCN(c2ccc(S(=O)(=O)N3CCOCC3)cc2NC(=O)COc2ccc(C#N)cc2)CC1. The van der Waals surface area contributed by atoms with E-state index in [9.17, 15) is 13.2 Å². The molecule has 186 valence electrons. The molecule has 0 aliphatic carbocycles. The number of morpholine rings is 1. The van der Waals surface area contributed by atoms with Crippen molar-refractivity contribution in [3.8, 4) is 11.8 Å². The van der Waals surface area contributed by atoms with Crippen molar-refractivity contribution in [3.05, 3.63) is 48.0 Å². The van der Waals surface area contributed by atoms with Crippen molar-refractivity contribution >= 4 is 27.3 Å². The average molecular weight is 500 g/mol. The Morgan fingerprint density at radius 1 is 1.06 bits per heavy atom. The maximum Gasteiger partial charge on any atom is 0.262 e. The van der Waals surface area contributed by atoms with Crippen LogP contribution < -0.4 is 15.0 Å². The van der Waals surface area contributed by atoms with E-state index in [2.05, 4.69) is 22.2 Å². The van der Waals surface area contributed by atoms with E-state index in [1.165, 1.54) is 10.4 Å². The molecule has 35 heavy (non-hydrogen) atoms. The van der Waals surface area contributed by atoms with Crippen LogP contribution >= 0.6 is 0 Å². The molecule has 2 aliphatic rings. The zero-order valence-electron chi connectivity index (χ0n) is 19.6. The van der Waals surface area contributed by atoms with Gasteiger partial charge in [-0.2, -0.15) is 9.57 Å². The number of nitrogens with zero attached hydrogens (tertiary/aromatic N) is 4. The minimum atomic E-state index is -3.72. The van der Waals surface area contributed by atoms with E-state index in [4.69, 9.17) is 14.7 Å². The molecule has 0 atom stereocenters. The number of amides is 1. The number of hydrogen-bond acceptors (Lipinski definition) is 8. The predicted octanol–water partition coefficient (Wildman–Crippen LogP) is 1.35. The van der Waals surface area contributed by atoms with Crippen LogP contribution in [0.15, 0.2) is 47.4 Å². The molecule has 2 fully saturated rings. The summed E-state index contributed by atoms with van der Waals surface area (Å²) in [5, 5.41) is 11.8. The van der Waals surface area contributed by atoms with Crippen LogP contribution in [0.25, 0.3) is 0 Å². The minimum absolute atomic E-state index is 0.126. The molecule has 0 unspecified atom stereocenters. The highest BCUT2D eigenvalue weighted by atomic mass is 32.2. The minimum Gasteiger partial charge on any atom is -0.484 e. The van der Waals surface area contributed by atoms with Gasteiger partial charge in [0, 0.05) is 39.3 Å². The highest BCUT2D eigenvalue weighted by Crippen LogP contribution is 2.31. The van der Waals surface area contributed by atoms with E-state index in [0.29, 0.717) is 43.3 Å². The maximum atomic E-state index is 13.2. The number of anilines is 2. The first-order valence-electron chi connectivity index (χ1n) is 11.4. The summed E-state index contributed by atoms with van der Waals surface area (Å²) >= 11 is 0. The van der Waals surface area contributed by atoms with Crippen molar-refractivity contribution in [1.29, 1.82) is 5.26 Å². The standard InChI is InChI=1S/C24H29N5O5S/c1-27-8-10-28(11-9-27)23-7-6-21(35(31,32)29-12-14-33-15-13-29)16-22(23)26-24(30)18-34-20-4-2-19(17-25)3-5-20/h2-7,16H,8-15,18H2,1H3,(H,26,30). The van der Waals surface area contributed by atoms with Crippen molar-refractivity contribution < 1.29 is 22.7 Å². The topological polar surface area (TPSA) is 115 Å². The van der Waals surface area contributed by atoms with Gasteiger partial charge in [-0.15, -0.1) is 0 Å². The first kappa shape index (κ1) is 24.9. The highest BCUT2D eigenvalue weighted by molar-refractivity contribution is 7.89. The Balaban J connectivity index is 1.54. The maximum absolute atomic E-state index is 13.2. The first-order chi connectivity index (χ1) is 16.9. The molecule has 2 aromatic carbocycles.